The number of pyridine rings is 1. The highest BCUT2D eigenvalue weighted by Gasteiger charge is 2.17. The zero-order valence-electron chi connectivity index (χ0n) is 12.5. The number of rotatable bonds is 5. The van der Waals surface area contributed by atoms with Gasteiger partial charge < -0.3 is 10.1 Å². The fourth-order valence-electron chi connectivity index (χ4n) is 2.45. The molecule has 0 spiro atoms. The van der Waals surface area contributed by atoms with Crippen LogP contribution in [0.5, 0.6) is 0 Å². The van der Waals surface area contributed by atoms with Gasteiger partial charge in [-0.1, -0.05) is 0 Å². The summed E-state index contributed by atoms with van der Waals surface area (Å²) in [6.07, 6.45) is 6.20. The van der Waals surface area contributed by atoms with Crippen molar-refractivity contribution in [2.24, 2.45) is 0 Å². The molecule has 0 radical (unpaired) electrons. The lowest BCUT2D eigenvalue weighted by molar-refractivity contribution is -0.120. The summed E-state index contributed by atoms with van der Waals surface area (Å²) in [4.78, 5) is 21.7. The highest BCUT2D eigenvalue weighted by molar-refractivity contribution is 7.15. The average Bonchev–Trinajstić information content (AvgIpc) is 3.17. The molecule has 0 saturated carbocycles. The number of aromatic nitrogens is 2. The van der Waals surface area contributed by atoms with Crippen LogP contribution in [0.15, 0.2) is 24.5 Å². The average molecular weight is 317 g/mol. The van der Waals surface area contributed by atoms with Gasteiger partial charge in [0.25, 0.3) is 0 Å². The molecule has 1 saturated heterocycles. The molecular formula is C16H19N3O2S. The molecule has 3 rings (SSSR count). The first kappa shape index (κ1) is 15.1. The van der Waals surface area contributed by atoms with Crippen LogP contribution in [-0.4, -0.2) is 35.1 Å². The summed E-state index contributed by atoms with van der Waals surface area (Å²) >= 11 is 1.56. The molecule has 1 fully saturated rings. The Morgan fingerprint density at radius 1 is 1.55 bits per heavy atom. The van der Waals surface area contributed by atoms with E-state index in [0.717, 1.165) is 40.6 Å². The number of ether oxygens (including phenoxy) is 1. The molecule has 1 aliphatic rings. The van der Waals surface area contributed by atoms with Crippen LogP contribution in [0.4, 0.5) is 0 Å². The van der Waals surface area contributed by atoms with Crippen LogP contribution in [0.2, 0.25) is 0 Å². The van der Waals surface area contributed by atoms with Crippen LogP contribution < -0.4 is 5.32 Å². The van der Waals surface area contributed by atoms with E-state index < -0.39 is 0 Å². The number of nitrogens with one attached hydrogen (secondary N) is 1. The number of carbonyl (C=O) groups is 1. The first-order valence-corrected chi connectivity index (χ1v) is 8.29. The fourth-order valence-corrected chi connectivity index (χ4v) is 3.50. The molecule has 6 heteroatoms. The van der Waals surface area contributed by atoms with Gasteiger partial charge in [-0.3, -0.25) is 9.78 Å². The number of amides is 1. The van der Waals surface area contributed by atoms with Gasteiger partial charge in [-0.2, -0.15) is 0 Å². The molecule has 1 amide bonds. The van der Waals surface area contributed by atoms with Gasteiger partial charge in [0.05, 0.1) is 18.2 Å². The van der Waals surface area contributed by atoms with E-state index in [2.05, 4.69) is 15.3 Å². The second kappa shape index (κ2) is 6.98. The van der Waals surface area contributed by atoms with Gasteiger partial charge in [0.1, 0.15) is 5.01 Å². The summed E-state index contributed by atoms with van der Waals surface area (Å²) in [5.41, 5.74) is 1.90. The maximum absolute atomic E-state index is 12.1. The maximum atomic E-state index is 12.1. The van der Waals surface area contributed by atoms with E-state index >= 15 is 0 Å². The van der Waals surface area contributed by atoms with Gasteiger partial charge in [-0.25, -0.2) is 4.98 Å². The molecule has 3 heterocycles. The minimum Gasteiger partial charge on any atom is -0.376 e. The third-order valence-electron chi connectivity index (χ3n) is 3.67. The molecule has 1 unspecified atom stereocenters. The predicted molar refractivity (Wildman–Crippen MR) is 85.8 cm³/mol. The largest absolute Gasteiger partial charge is 0.376 e. The summed E-state index contributed by atoms with van der Waals surface area (Å²) < 4.78 is 5.51. The predicted octanol–water partition coefficient (Wildman–Crippen LogP) is 2.35. The molecular weight excluding hydrogens is 298 g/mol. The van der Waals surface area contributed by atoms with Gasteiger partial charge in [-0.15, -0.1) is 11.3 Å². The molecule has 1 N–H and O–H groups in total. The zero-order chi connectivity index (χ0) is 15.4. The Balaban J connectivity index is 1.60. The van der Waals surface area contributed by atoms with Crippen LogP contribution >= 0.6 is 11.3 Å². The summed E-state index contributed by atoms with van der Waals surface area (Å²) in [5.74, 6) is 0.0278. The molecule has 2 aromatic rings. The normalized spacial score (nSPS) is 17.6. The van der Waals surface area contributed by atoms with E-state index in [0.29, 0.717) is 13.0 Å². The van der Waals surface area contributed by atoms with Crippen LogP contribution in [-0.2, 0) is 16.0 Å². The first-order valence-electron chi connectivity index (χ1n) is 7.47. The zero-order valence-corrected chi connectivity index (χ0v) is 13.4. The van der Waals surface area contributed by atoms with E-state index in [-0.39, 0.29) is 12.0 Å². The first-order chi connectivity index (χ1) is 10.7. The fraction of sp³-hybridized carbons (Fsp3) is 0.438. The summed E-state index contributed by atoms with van der Waals surface area (Å²) in [5, 5.41) is 3.86. The lowest BCUT2D eigenvalue weighted by Gasteiger charge is -2.10. The highest BCUT2D eigenvalue weighted by Crippen LogP contribution is 2.27. The Morgan fingerprint density at radius 3 is 3.18 bits per heavy atom. The molecule has 0 aromatic carbocycles. The summed E-state index contributed by atoms with van der Waals surface area (Å²) in [7, 11) is 0. The molecule has 1 atom stereocenters. The minimum atomic E-state index is 0.0278. The van der Waals surface area contributed by atoms with Crippen molar-refractivity contribution < 1.29 is 9.53 Å². The van der Waals surface area contributed by atoms with E-state index in [4.69, 9.17) is 4.74 Å². The summed E-state index contributed by atoms with van der Waals surface area (Å²) in [6.45, 7) is 3.36. The molecule has 5 nitrogen and oxygen atoms in total. The number of nitrogens with zero attached hydrogens (tertiary/aromatic N) is 2. The standard InChI is InChI=1S/C16H19N3O2S/c1-11-14(8-15(20)18-10-13-5-3-7-21-13)22-16(19-11)12-4-2-6-17-9-12/h2,4,6,9,13H,3,5,7-8,10H2,1H3,(H,18,20). The van der Waals surface area contributed by atoms with Crippen molar-refractivity contribution in [2.75, 3.05) is 13.2 Å². The van der Waals surface area contributed by atoms with Gasteiger partial charge in [0, 0.05) is 36.0 Å². The van der Waals surface area contributed by atoms with E-state index in [9.17, 15) is 4.79 Å². The summed E-state index contributed by atoms with van der Waals surface area (Å²) in [6, 6.07) is 3.87. The van der Waals surface area contributed by atoms with E-state index in [1.54, 1.807) is 23.7 Å². The number of hydrogen-bond donors (Lipinski definition) is 1. The highest BCUT2D eigenvalue weighted by atomic mass is 32.1. The monoisotopic (exact) mass is 317 g/mol. The quantitative estimate of drug-likeness (QED) is 0.919. The number of carbonyl (C=O) groups excluding carboxylic acids is 1. The topological polar surface area (TPSA) is 64.1 Å². The Morgan fingerprint density at radius 2 is 2.45 bits per heavy atom. The van der Waals surface area contributed by atoms with E-state index in [1.165, 1.54) is 0 Å². The Kier molecular flexibility index (Phi) is 4.80. The van der Waals surface area contributed by atoms with Crippen LogP contribution in [0.1, 0.15) is 23.4 Å². The second-order valence-electron chi connectivity index (χ2n) is 5.39. The van der Waals surface area contributed by atoms with Crippen molar-refractivity contribution in [1.29, 1.82) is 0 Å². The van der Waals surface area contributed by atoms with Crippen molar-refractivity contribution in [3.8, 4) is 10.6 Å². The van der Waals surface area contributed by atoms with Crippen LogP contribution in [0.25, 0.3) is 10.6 Å². The third-order valence-corrected chi connectivity index (χ3v) is 4.88. The van der Waals surface area contributed by atoms with Crippen LogP contribution in [0.3, 0.4) is 0 Å². The smallest absolute Gasteiger partial charge is 0.225 e. The minimum absolute atomic E-state index is 0.0278. The Labute approximate surface area is 133 Å². The number of hydrogen-bond acceptors (Lipinski definition) is 5. The second-order valence-corrected chi connectivity index (χ2v) is 6.47. The number of aryl methyl sites for hydroxylation is 1. The van der Waals surface area contributed by atoms with Crippen molar-refractivity contribution in [2.45, 2.75) is 32.3 Å². The van der Waals surface area contributed by atoms with Gasteiger partial charge in [0.2, 0.25) is 5.91 Å². The molecule has 1 aliphatic heterocycles. The lowest BCUT2D eigenvalue weighted by Crippen LogP contribution is -2.32. The van der Waals surface area contributed by atoms with Gasteiger partial charge in [-0.05, 0) is 31.9 Å². The lowest BCUT2D eigenvalue weighted by atomic mass is 10.2. The molecule has 2 aromatic heterocycles. The van der Waals surface area contributed by atoms with Gasteiger partial charge >= 0.3 is 0 Å². The molecule has 116 valence electrons. The SMILES string of the molecule is Cc1nc(-c2cccnc2)sc1CC(=O)NCC1CCCO1. The van der Waals surface area contributed by atoms with Crippen molar-refractivity contribution >= 4 is 17.2 Å². The maximum Gasteiger partial charge on any atom is 0.225 e. The Bertz CT molecular complexity index is 636. The van der Waals surface area contributed by atoms with Crippen molar-refractivity contribution in [3.63, 3.8) is 0 Å². The third kappa shape index (κ3) is 3.69. The molecule has 0 aliphatic carbocycles. The van der Waals surface area contributed by atoms with Crippen LogP contribution in [0, 0.1) is 6.92 Å². The van der Waals surface area contributed by atoms with E-state index in [1.807, 2.05) is 19.1 Å². The van der Waals surface area contributed by atoms with Crippen molar-refractivity contribution in [3.05, 3.63) is 35.1 Å². The number of thiazole rings is 1. The molecule has 22 heavy (non-hydrogen) atoms. The van der Waals surface area contributed by atoms with Crippen molar-refractivity contribution in [1.82, 2.24) is 15.3 Å². The molecule has 0 bridgehead atoms. The van der Waals surface area contributed by atoms with Gasteiger partial charge in [0.15, 0.2) is 0 Å². The Hall–Kier alpha value is -1.79.